The van der Waals surface area contributed by atoms with Crippen LogP contribution in [0, 0.1) is 13.8 Å². The Hall–Kier alpha value is -1.56. The first-order valence-electron chi connectivity index (χ1n) is 7.46. The van der Waals surface area contributed by atoms with Crippen LogP contribution in [0.15, 0.2) is 24.3 Å². The molecule has 2 nitrogen and oxygen atoms in total. The average Bonchev–Trinajstić information content (AvgIpc) is 2.54. The average molecular weight is 424 g/mol. The Labute approximate surface area is 163 Å². The summed E-state index contributed by atoms with van der Waals surface area (Å²) < 4.78 is 49.6. The fraction of sp³-hybridized carbons (Fsp3) is 0.222. The fourth-order valence-electron chi connectivity index (χ4n) is 2.45. The van der Waals surface area contributed by atoms with Gasteiger partial charge in [-0.3, -0.25) is 0 Å². The number of alkyl halides is 3. The molecule has 1 aliphatic rings. The van der Waals surface area contributed by atoms with E-state index in [2.05, 4.69) is 0 Å². The maximum atomic E-state index is 12.9. The van der Waals surface area contributed by atoms with Gasteiger partial charge in [-0.1, -0.05) is 34.8 Å². The summed E-state index contributed by atoms with van der Waals surface area (Å²) in [4.78, 5) is 0. The van der Waals surface area contributed by atoms with Gasteiger partial charge in [0, 0.05) is 0 Å². The van der Waals surface area contributed by atoms with Gasteiger partial charge in [-0.05, 0) is 55.3 Å². The number of rotatable bonds is 2. The third-order valence-corrected chi connectivity index (χ3v) is 4.80. The summed E-state index contributed by atoms with van der Waals surface area (Å²) in [5, 5.41) is 0.436. The van der Waals surface area contributed by atoms with Crippen molar-refractivity contribution in [1.82, 2.24) is 0 Å². The summed E-state index contributed by atoms with van der Waals surface area (Å²) >= 11 is 18.4. The molecule has 0 radical (unpaired) electrons. The number of halogens is 6. The van der Waals surface area contributed by atoms with Gasteiger partial charge in [0.05, 0.1) is 20.6 Å². The van der Waals surface area contributed by atoms with E-state index in [0.29, 0.717) is 10.8 Å². The monoisotopic (exact) mass is 422 g/mol. The van der Waals surface area contributed by atoms with Gasteiger partial charge < -0.3 is 9.47 Å². The Morgan fingerprint density at radius 2 is 1.62 bits per heavy atom. The van der Waals surface area contributed by atoms with Gasteiger partial charge in [-0.2, -0.15) is 13.2 Å². The number of benzene rings is 2. The van der Waals surface area contributed by atoms with Crippen molar-refractivity contribution in [2.75, 3.05) is 0 Å². The zero-order valence-corrected chi connectivity index (χ0v) is 15.8. The Bertz CT molecular complexity index is 908. The van der Waals surface area contributed by atoms with Crippen molar-refractivity contribution in [2.45, 2.75) is 26.1 Å². The Morgan fingerprint density at radius 3 is 2.27 bits per heavy atom. The smallest absolute Gasteiger partial charge is 0.429 e. The number of fused-ring (bicyclic) bond motifs is 1. The number of ether oxygens (including phenoxy) is 2. The van der Waals surface area contributed by atoms with Crippen LogP contribution in [0.3, 0.4) is 0 Å². The Morgan fingerprint density at radius 1 is 0.962 bits per heavy atom. The lowest BCUT2D eigenvalue weighted by Gasteiger charge is -2.26. The van der Waals surface area contributed by atoms with E-state index < -0.39 is 12.3 Å². The van der Waals surface area contributed by atoms with Crippen molar-refractivity contribution in [2.24, 2.45) is 0 Å². The third kappa shape index (κ3) is 3.61. The molecule has 26 heavy (non-hydrogen) atoms. The zero-order valence-electron chi connectivity index (χ0n) is 13.5. The van der Waals surface area contributed by atoms with Crippen LogP contribution in [-0.4, -0.2) is 12.3 Å². The largest absolute Gasteiger partial charge is 0.474 e. The SMILES string of the molecule is Cc1cc(Cl)c(Oc2c(Cl)cc(Cl)c3c2C=CC(C(F)(F)F)O3)cc1C. The van der Waals surface area contributed by atoms with Crippen LogP contribution in [0.25, 0.3) is 6.08 Å². The highest BCUT2D eigenvalue weighted by molar-refractivity contribution is 6.37. The molecule has 1 heterocycles. The van der Waals surface area contributed by atoms with Crippen LogP contribution in [0.4, 0.5) is 13.2 Å². The van der Waals surface area contributed by atoms with Gasteiger partial charge >= 0.3 is 6.18 Å². The topological polar surface area (TPSA) is 18.5 Å². The molecule has 3 rings (SSSR count). The molecule has 0 spiro atoms. The molecule has 0 fully saturated rings. The van der Waals surface area contributed by atoms with Crippen molar-refractivity contribution in [3.63, 3.8) is 0 Å². The lowest BCUT2D eigenvalue weighted by molar-refractivity contribution is -0.180. The minimum Gasteiger partial charge on any atom is -0.474 e. The number of hydrogen-bond acceptors (Lipinski definition) is 2. The minimum absolute atomic E-state index is 0.0397. The maximum Gasteiger partial charge on any atom is 0.429 e. The van der Waals surface area contributed by atoms with E-state index in [-0.39, 0.29) is 27.1 Å². The molecule has 0 aliphatic carbocycles. The lowest BCUT2D eigenvalue weighted by atomic mass is 10.1. The minimum atomic E-state index is -4.56. The van der Waals surface area contributed by atoms with Crippen molar-refractivity contribution >= 4 is 40.9 Å². The van der Waals surface area contributed by atoms with Gasteiger partial charge in [-0.15, -0.1) is 0 Å². The first-order valence-corrected chi connectivity index (χ1v) is 8.59. The summed E-state index contributed by atoms with van der Waals surface area (Å²) in [7, 11) is 0. The van der Waals surface area contributed by atoms with E-state index in [4.69, 9.17) is 44.3 Å². The standard InChI is InChI=1S/C18H12Cl3F3O2/c1-8-5-11(19)14(6-9(8)2)25-16-10-3-4-15(18(22,23)24)26-17(10)13(21)7-12(16)20/h3-7,15H,1-2H3. The van der Waals surface area contributed by atoms with Crippen molar-refractivity contribution in [1.29, 1.82) is 0 Å². The molecule has 2 aromatic carbocycles. The highest BCUT2D eigenvalue weighted by Gasteiger charge is 2.42. The summed E-state index contributed by atoms with van der Waals surface area (Å²) in [5.74, 6) is 0.302. The molecular weight excluding hydrogens is 412 g/mol. The van der Waals surface area contributed by atoms with Gasteiger partial charge in [-0.25, -0.2) is 0 Å². The molecule has 138 valence electrons. The molecular formula is C18H12Cl3F3O2. The Balaban J connectivity index is 2.07. The molecule has 1 unspecified atom stereocenters. The maximum absolute atomic E-state index is 12.9. The number of hydrogen-bond donors (Lipinski definition) is 0. The second kappa shape index (κ2) is 6.87. The van der Waals surface area contributed by atoms with E-state index >= 15 is 0 Å². The molecule has 1 atom stereocenters. The molecule has 0 N–H and O–H groups in total. The molecule has 0 saturated carbocycles. The second-order valence-corrected chi connectivity index (χ2v) is 7.04. The summed E-state index contributed by atoms with van der Waals surface area (Å²) in [6.07, 6.45) is -4.54. The quantitative estimate of drug-likeness (QED) is 0.501. The van der Waals surface area contributed by atoms with Gasteiger partial charge in [0.2, 0.25) is 6.10 Å². The van der Waals surface area contributed by atoms with Crippen LogP contribution in [0.1, 0.15) is 16.7 Å². The van der Waals surface area contributed by atoms with Crippen LogP contribution >= 0.6 is 34.8 Å². The lowest BCUT2D eigenvalue weighted by Crippen LogP contribution is -2.34. The Kier molecular flexibility index (Phi) is 5.08. The fourth-order valence-corrected chi connectivity index (χ4v) is 3.26. The van der Waals surface area contributed by atoms with Crippen LogP contribution in [-0.2, 0) is 0 Å². The predicted molar refractivity (Wildman–Crippen MR) is 97.0 cm³/mol. The highest BCUT2D eigenvalue weighted by atomic mass is 35.5. The molecule has 2 aromatic rings. The summed E-state index contributed by atoms with van der Waals surface area (Å²) in [6.45, 7) is 3.78. The number of aryl methyl sites for hydroxylation is 2. The van der Waals surface area contributed by atoms with E-state index in [1.54, 1.807) is 12.1 Å². The molecule has 8 heteroatoms. The van der Waals surface area contributed by atoms with Gasteiger partial charge in [0.25, 0.3) is 0 Å². The third-order valence-electron chi connectivity index (χ3n) is 3.94. The molecule has 0 saturated heterocycles. The summed E-state index contributed by atoms with van der Waals surface area (Å²) in [6, 6.07) is 4.73. The van der Waals surface area contributed by atoms with Crippen LogP contribution in [0.2, 0.25) is 15.1 Å². The van der Waals surface area contributed by atoms with E-state index in [1.165, 1.54) is 12.1 Å². The van der Waals surface area contributed by atoms with E-state index in [1.807, 2.05) is 13.8 Å². The van der Waals surface area contributed by atoms with Crippen LogP contribution < -0.4 is 9.47 Å². The van der Waals surface area contributed by atoms with Crippen molar-refractivity contribution in [3.8, 4) is 17.2 Å². The molecule has 1 aliphatic heterocycles. The zero-order chi connectivity index (χ0) is 19.2. The van der Waals surface area contributed by atoms with Crippen molar-refractivity contribution in [3.05, 3.63) is 56.0 Å². The van der Waals surface area contributed by atoms with E-state index in [9.17, 15) is 13.2 Å². The first-order chi connectivity index (χ1) is 12.1. The summed E-state index contributed by atoms with van der Waals surface area (Å²) in [5.41, 5.74) is 2.13. The van der Waals surface area contributed by atoms with Crippen LogP contribution in [0.5, 0.6) is 17.2 Å². The normalized spacial score (nSPS) is 16.2. The van der Waals surface area contributed by atoms with Gasteiger partial charge in [0.1, 0.15) is 11.5 Å². The molecule has 0 amide bonds. The molecule has 0 aromatic heterocycles. The second-order valence-electron chi connectivity index (χ2n) is 5.82. The van der Waals surface area contributed by atoms with Crippen molar-refractivity contribution < 1.29 is 22.6 Å². The first kappa shape index (κ1) is 19.2. The molecule has 0 bridgehead atoms. The van der Waals surface area contributed by atoms with E-state index in [0.717, 1.165) is 17.2 Å². The van der Waals surface area contributed by atoms with Gasteiger partial charge in [0.15, 0.2) is 5.75 Å². The highest BCUT2D eigenvalue weighted by Crippen LogP contribution is 2.48. The predicted octanol–water partition coefficient (Wildman–Crippen LogP) is 7.39.